The molecule has 0 fully saturated rings. The third-order valence-electron chi connectivity index (χ3n) is 4.17. The maximum atomic E-state index is 13.9. The molecule has 4 rings (SSSR count). The number of fused-ring (bicyclic) bond motifs is 1. The fourth-order valence-corrected chi connectivity index (χ4v) is 2.78. The average Bonchev–Trinajstić information content (AvgIpc) is 3.12. The number of hydrogen-bond acceptors (Lipinski definition) is 6. The third-order valence-corrected chi connectivity index (χ3v) is 4.17. The molecule has 0 unspecified atom stereocenters. The lowest BCUT2D eigenvalue weighted by atomic mass is 10.2. The van der Waals surface area contributed by atoms with E-state index < -0.39 is 0 Å². The van der Waals surface area contributed by atoms with Gasteiger partial charge in [-0.2, -0.15) is 0 Å². The number of aromatic nitrogens is 5. The number of halogens is 1. The van der Waals surface area contributed by atoms with Crippen LogP contribution in [0.25, 0.3) is 11.2 Å². The Morgan fingerprint density at radius 1 is 1.11 bits per heavy atom. The van der Waals surface area contributed by atoms with Gasteiger partial charge in [-0.15, -0.1) is 5.10 Å². The molecule has 2 heterocycles. The second-order valence-corrected chi connectivity index (χ2v) is 5.94. The molecule has 2 aromatic heterocycles. The molecular formula is C19H17FN6O. The quantitative estimate of drug-likeness (QED) is 0.567. The van der Waals surface area contributed by atoms with Gasteiger partial charge in [0, 0.05) is 12.1 Å². The Bertz CT molecular complexity index is 1080. The van der Waals surface area contributed by atoms with Gasteiger partial charge in [-0.05, 0) is 23.8 Å². The van der Waals surface area contributed by atoms with Gasteiger partial charge in [-0.25, -0.2) is 19.0 Å². The highest BCUT2D eigenvalue weighted by Crippen LogP contribution is 2.19. The molecule has 0 saturated heterocycles. The summed E-state index contributed by atoms with van der Waals surface area (Å²) >= 11 is 0. The van der Waals surface area contributed by atoms with Crippen LogP contribution < -0.4 is 10.1 Å². The molecule has 136 valence electrons. The maximum Gasteiger partial charge on any atom is 0.184 e. The Hall–Kier alpha value is -3.55. The highest BCUT2D eigenvalue weighted by atomic mass is 19.1. The Labute approximate surface area is 154 Å². The number of methoxy groups -OCH3 is 1. The minimum Gasteiger partial charge on any atom is -0.497 e. The zero-order valence-corrected chi connectivity index (χ0v) is 14.6. The van der Waals surface area contributed by atoms with E-state index in [1.54, 1.807) is 30.0 Å². The number of ether oxygens (including phenoxy) is 1. The molecule has 7 nitrogen and oxygen atoms in total. The number of hydrogen-bond donors (Lipinski definition) is 1. The van der Waals surface area contributed by atoms with Crippen molar-refractivity contribution in [2.75, 3.05) is 12.4 Å². The van der Waals surface area contributed by atoms with E-state index in [0.29, 0.717) is 29.1 Å². The van der Waals surface area contributed by atoms with Crippen LogP contribution in [0.2, 0.25) is 0 Å². The standard InChI is InChI=1S/C19H17FN6O/c1-27-15-7-4-5-13(9-15)10-21-18-17-19(23-12-22-18)26(25-24-17)11-14-6-2-3-8-16(14)20/h2-9,12H,10-11H2,1H3,(H,21,22,23). The molecule has 27 heavy (non-hydrogen) atoms. The SMILES string of the molecule is COc1cccc(CNc2ncnc3c2nnn3Cc2ccccc2F)c1. The Morgan fingerprint density at radius 2 is 2.00 bits per heavy atom. The first kappa shape index (κ1) is 16.9. The van der Waals surface area contributed by atoms with Gasteiger partial charge in [0.05, 0.1) is 13.7 Å². The first-order valence-corrected chi connectivity index (χ1v) is 8.39. The smallest absolute Gasteiger partial charge is 0.184 e. The van der Waals surface area contributed by atoms with Crippen molar-refractivity contribution in [1.29, 1.82) is 0 Å². The lowest BCUT2D eigenvalue weighted by Crippen LogP contribution is -2.06. The lowest BCUT2D eigenvalue weighted by Gasteiger charge is -2.07. The topological polar surface area (TPSA) is 77.8 Å². The van der Waals surface area contributed by atoms with Crippen molar-refractivity contribution >= 4 is 17.0 Å². The van der Waals surface area contributed by atoms with Crippen LogP contribution in [-0.4, -0.2) is 32.1 Å². The molecular weight excluding hydrogens is 347 g/mol. The summed E-state index contributed by atoms with van der Waals surface area (Å²) < 4.78 is 20.7. The summed E-state index contributed by atoms with van der Waals surface area (Å²) in [6, 6.07) is 14.3. The second kappa shape index (κ2) is 7.36. The average molecular weight is 364 g/mol. The summed E-state index contributed by atoms with van der Waals surface area (Å²) in [5.74, 6) is 1.08. The summed E-state index contributed by atoms with van der Waals surface area (Å²) in [6.07, 6.45) is 1.44. The van der Waals surface area contributed by atoms with Crippen molar-refractivity contribution < 1.29 is 9.13 Å². The van der Waals surface area contributed by atoms with Gasteiger partial charge >= 0.3 is 0 Å². The van der Waals surface area contributed by atoms with Crippen LogP contribution in [0, 0.1) is 5.82 Å². The van der Waals surface area contributed by atoms with Gasteiger partial charge in [0.2, 0.25) is 0 Å². The lowest BCUT2D eigenvalue weighted by molar-refractivity contribution is 0.414. The Balaban J connectivity index is 1.58. The number of nitrogens with one attached hydrogen (secondary N) is 1. The summed E-state index contributed by atoms with van der Waals surface area (Å²) in [6.45, 7) is 0.791. The number of rotatable bonds is 6. The van der Waals surface area contributed by atoms with Gasteiger partial charge in [-0.1, -0.05) is 35.5 Å². The number of benzene rings is 2. The van der Waals surface area contributed by atoms with Crippen LogP contribution in [0.15, 0.2) is 54.9 Å². The van der Waals surface area contributed by atoms with Crippen LogP contribution in [0.4, 0.5) is 10.2 Å². The molecule has 4 aromatic rings. The molecule has 0 aliphatic carbocycles. The van der Waals surface area contributed by atoms with Gasteiger partial charge in [0.25, 0.3) is 0 Å². The van der Waals surface area contributed by atoms with Gasteiger partial charge in [0.15, 0.2) is 17.0 Å². The Kier molecular flexibility index (Phi) is 4.61. The van der Waals surface area contributed by atoms with E-state index in [9.17, 15) is 4.39 Å². The van der Waals surface area contributed by atoms with Crippen molar-refractivity contribution in [3.05, 3.63) is 71.8 Å². The predicted octanol–water partition coefficient (Wildman–Crippen LogP) is 3.03. The van der Waals surface area contributed by atoms with Gasteiger partial charge in [-0.3, -0.25) is 0 Å². The van der Waals surface area contributed by atoms with Gasteiger partial charge in [0.1, 0.15) is 17.9 Å². The monoisotopic (exact) mass is 364 g/mol. The van der Waals surface area contributed by atoms with Crippen molar-refractivity contribution in [1.82, 2.24) is 25.0 Å². The van der Waals surface area contributed by atoms with Crippen LogP contribution in [0.5, 0.6) is 5.75 Å². The number of nitrogens with zero attached hydrogens (tertiary/aromatic N) is 5. The molecule has 0 saturated carbocycles. The van der Waals surface area contributed by atoms with Crippen LogP contribution in [0.3, 0.4) is 0 Å². The van der Waals surface area contributed by atoms with Crippen molar-refractivity contribution in [3.63, 3.8) is 0 Å². The molecule has 0 amide bonds. The van der Waals surface area contributed by atoms with E-state index >= 15 is 0 Å². The summed E-state index contributed by atoms with van der Waals surface area (Å²) in [4.78, 5) is 8.51. The molecule has 8 heteroatoms. The van der Waals surface area contributed by atoms with E-state index in [1.165, 1.54) is 12.4 Å². The van der Waals surface area contributed by atoms with Crippen LogP contribution in [0.1, 0.15) is 11.1 Å². The second-order valence-electron chi connectivity index (χ2n) is 5.94. The highest BCUT2D eigenvalue weighted by Gasteiger charge is 2.13. The van der Waals surface area contributed by atoms with Crippen molar-refractivity contribution in [3.8, 4) is 5.75 Å². The third kappa shape index (κ3) is 3.55. The molecule has 0 bridgehead atoms. The molecule has 2 aromatic carbocycles. The van der Waals surface area contributed by atoms with Crippen LogP contribution in [-0.2, 0) is 13.1 Å². The van der Waals surface area contributed by atoms with E-state index in [0.717, 1.165) is 11.3 Å². The van der Waals surface area contributed by atoms with E-state index in [-0.39, 0.29) is 12.4 Å². The molecule has 0 spiro atoms. The molecule has 0 aliphatic rings. The molecule has 0 radical (unpaired) electrons. The fraction of sp³-hybridized carbons (Fsp3) is 0.158. The van der Waals surface area contributed by atoms with Crippen molar-refractivity contribution in [2.45, 2.75) is 13.1 Å². The van der Waals surface area contributed by atoms with E-state index in [1.807, 2.05) is 24.3 Å². The first-order chi connectivity index (χ1) is 13.2. The molecule has 1 N–H and O–H groups in total. The first-order valence-electron chi connectivity index (χ1n) is 8.39. The molecule has 0 aliphatic heterocycles. The van der Waals surface area contributed by atoms with Gasteiger partial charge < -0.3 is 10.1 Å². The van der Waals surface area contributed by atoms with Crippen LogP contribution >= 0.6 is 0 Å². The van der Waals surface area contributed by atoms with E-state index in [4.69, 9.17) is 4.74 Å². The summed E-state index contributed by atoms with van der Waals surface area (Å²) in [5.41, 5.74) is 2.65. The van der Waals surface area contributed by atoms with Crippen molar-refractivity contribution in [2.24, 2.45) is 0 Å². The minimum absolute atomic E-state index is 0.246. The minimum atomic E-state index is -0.286. The Morgan fingerprint density at radius 3 is 2.85 bits per heavy atom. The number of anilines is 1. The largest absolute Gasteiger partial charge is 0.497 e. The fourth-order valence-electron chi connectivity index (χ4n) is 2.78. The summed E-state index contributed by atoms with van der Waals surface area (Å²) in [5, 5.41) is 11.5. The maximum absolute atomic E-state index is 13.9. The zero-order chi connectivity index (χ0) is 18.6. The summed E-state index contributed by atoms with van der Waals surface area (Å²) in [7, 11) is 1.63. The molecule has 0 atom stereocenters. The zero-order valence-electron chi connectivity index (χ0n) is 14.6. The predicted molar refractivity (Wildman–Crippen MR) is 98.9 cm³/mol. The normalized spacial score (nSPS) is 10.9. The highest BCUT2D eigenvalue weighted by molar-refractivity contribution is 5.81. The van der Waals surface area contributed by atoms with E-state index in [2.05, 4.69) is 25.6 Å².